The monoisotopic (exact) mass is 273 g/mol. The molecule has 0 saturated heterocycles. The predicted octanol–water partition coefficient (Wildman–Crippen LogP) is 4.37. The van der Waals surface area contributed by atoms with Crippen LogP contribution in [0.15, 0.2) is 12.1 Å². The molecule has 0 bridgehead atoms. The first kappa shape index (κ1) is 15.1. The summed E-state index contributed by atoms with van der Waals surface area (Å²) < 4.78 is 0. The minimum absolute atomic E-state index is 0.101. The molecule has 1 N–H and O–H groups in total. The molecule has 1 aliphatic carbocycles. The number of carbonyl (C=O) groups excluding carboxylic acids is 1. The van der Waals surface area contributed by atoms with Gasteiger partial charge in [0.05, 0.1) is 6.04 Å². The lowest BCUT2D eigenvalue weighted by Gasteiger charge is -2.24. The quantitative estimate of drug-likeness (QED) is 0.870. The van der Waals surface area contributed by atoms with Crippen molar-refractivity contribution in [3.05, 3.63) is 34.4 Å². The normalized spacial score (nSPS) is 17.8. The Balaban J connectivity index is 2.05. The van der Waals surface area contributed by atoms with E-state index in [1.54, 1.807) is 0 Å². The van der Waals surface area contributed by atoms with Gasteiger partial charge in [-0.25, -0.2) is 0 Å². The Kier molecular flexibility index (Phi) is 4.85. The second-order valence-electron chi connectivity index (χ2n) is 6.36. The van der Waals surface area contributed by atoms with E-state index in [2.05, 4.69) is 45.1 Å². The van der Waals surface area contributed by atoms with Crippen LogP contribution in [0.5, 0.6) is 0 Å². The van der Waals surface area contributed by atoms with Crippen molar-refractivity contribution in [2.75, 3.05) is 0 Å². The molecule has 2 heteroatoms. The van der Waals surface area contributed by atoms with Crippen LogP contribution in [0.3, 0.4) is 0 Å². The number of amides is 1. The Morgan fingerprint density at radius 1 is 1.05 bits per heavy atom. The fraction of sp³-hybridized carbons (Fsp3) is 0.611. The summed E-state index contributed by atoms with van der Waals surface area (Å²) >= 11 is 0. The first-order valence-corrected chi connectivity index (χ1v) is 7.87. The van der Waals surface area contributed by atoms with Gasteiger partial charge in [-0.3, -0.25) is 4.79 Å². The second-order valence-corrected chi connectivity index (χ2v) is 6.36. The lowest BCUT2D eigenvalue weighted by atomic mass is 9.88. The van der Waals surface area contributed by atoms with Crippen LogP contribution in [-0.4, -0.2) is 5.91 Å². The summed E-state index contributed by atoms with van der Waals surface area (Å²) in [7, 11) is 0. The molecule has 20 heavy (non-hydrogen) atoms. The van der Waals surface area contributed by atoms with Crippen molar-refractivity contribution in [2.45, 2.75) is 65.8 Å². The van der Waals surface area contributed by atoms with Crippen LogP contribution in [-0.2, 0) is 4.79 Å². The van der Waals surface area contributed by atoms with Crippen LogP contribution in [0, 0.1) is 26.7 Å². The molecule has 1 amide bonds. The molecule has 1 atom stereocenters. The summed E-state index contributed by atoms with van der Waals surface area (Å²) in [6.07, 6.45) is 5.81. The van der Waals surface area contributed by atoms with E-state index in [-0.39, 0.29) is 17.9 Å². The Bertz CT molecular complexity index is 486. The van der Waals surface area contributed by atoms with Crippen molar-refractivity contribution in [1.82, 2.24) is 5.32 Å². The minimum Gasteiger partial charge on any atom is -0.349 e. The molecule has 2 rings (SSSR count). The van der Waals surface area contributed by atoms with E-state index in [0.717, 1.165) is 12.8 Å². The number of rotatable bonds is 3. The highest BCUT2D eigenvalue weighted by Crippen LogP contribution is 2.26. The summed E-state index contributed by atoms with van der Waals surface area (Å²) in [6, 6.07) is 4.54. The molecule has 0 spiro atoms. The summed E-state index contributed by atoms with van der Waals surface area (Å²) in [5, 5.41) is 3.21. The van der Waals surface area contributed by atoms with Gasteiger partial charge in [0.15, 0.2) is 0 Å². The van der Waals surface area contributed by atoms with E-state index in [1.165, 1.54) is 41.5 Å². The number of nitrogens with one attached hydrogen (secondary N) is 1. The lowest BCUT2D eigenvalue weighted by molar-refractivity contribution is -0.126. The highest BCUT2D eigenvalue weighted by molar-refractivity contribution is 5.79. The molecule has 1 unspecified atom stereocenters. The SMILES string of the molecule is Cc1cc(C)c(C(C)NC(=O)C2CCCCC2)cc1C. The second kappa shape index (κ2) is 6.43. The molecule has 1 aromatic carbocycles. The first-order valence-electron chi connectivity index (χ1n) is 7.87. The fourth-order valence-corrected chi connectivity index (χ4v) is 3.22. The molecule has 1 aromatic rings. The number of carbonyl (C=O) groups is 1. The minimum atomic E-state index is 0.101. The van der Waals surface area contributed by atoms with Crippen molar-refractivity contribution in [3.63, 3.8) is 0 Å². The third-order valence-corrected chi connectivity index (χ3v) is 4.68. The molecule has 1 saturated carbocycles. The molecular weight excluding hydrogens is 246 g/mol. The van der Waals surface area contributed by atoms with Gasteiger partial charge in [-0.1, -0.05) is 31.4 Å². The van der Waals surface area contributed by atoms with Crippen LogP contribution in [0.4, 0.5) is 0 Å². The molecule has 2 nitrogen and oxygen atoms in total. The van der Waals surface area contributed by atoms with Crippen molar-refractivity contribution in [1.29, 1.82) is 0 Å². The van der Waals surface area contributed by atoms with Gasteiger partial charge in [-0.05, 0) is 62.8 Å². The van der Waals surface area contributed by atoms with Gasteiger partial charge < -0.3 is 5.32 Å². The average molecular weight is 273 g/mol. The molecule has 1 fully saturated rings. The Morgan fingerprint density at radius 2 is 1.65 bits per heavy atom. The fourth-order valence-electron chi connectivity index (χ4n) is 3.22. The van der Waals surface area contributed by atoms with Crippen molar-refractivity contribution < 1.29 is 4.79 Å². The Hall–Kier alpha value is -1.31. The third-order valence-electron chi connectivity index (χ3n) is 4.68. The molecule has 0 aliphatic heterocycles. The van der Waals surface area contributed by atoms with Crippen molar-refractivity contribution in [3.8, 4) is 0 Å². The summed E-state index contributed by atoms with van der Waals surface area (Å²) in [5.41, 5.74) is 5.13. The van der Waals surface area contributed by atoms with Gasteiger partial charge in [-0.2, -0.15) is 0 Å². The molecule has 1 aliphatic rings. The zero-order valence-corrected chi connectivity index (χ0v) is 13.3. The Labute approximate surface area is 123 Å². The van der Waals surface area contributed by atoms with Crippen LogP contribution in [0.25, 0.3) is 0 Å². The third kappa shape index (κ3) is 3.41. The summed E-state index contributed by atoms with van der Waals surface area (Å²) in [5.74, 6) is 0.480. The lowest BCUT2D eigenvalue weighted by Crippen LogP contribution is -2.34. The van der Waals surface area contributed by atoms with Crippen LogP contribution in [0.1, 0.15) is 67.3 Å². The van der Waals surface area contributed by atoms with Crippen LogP contribution < -0.4 is 5.32 Å². The molecular formula is C18H27NO. The highest BCUT2D eigenvalue weighted by Gasteiger charge is 2.23. The van der Waals surface area contributed by atoms with E-state index in [0.29, 0.717) is 0 Å². The zero-order chi connectivity index (χ0) is 14.7. The van der Waals surface area contributed by atoms with Crippen molar-refractivity contribution >= 4 is 5.91 Å². The number of benzene rings is 1. The summed E-state index contributed by atoms with van der Waals surface area (Å²) in [4.78, 5) is 12.3. The molecule has 0 aromatic heterocycles. The largest absolute Gasteiger partial charge is 0.349 e. The van der Waals surface area contributed by atoms with Gasteiger partial charge >= 0.3 is 0 Å². The average Bonchev–Trinajstić information content (AvgIpc) is 2.43. The highest BCUT2D eigenvalue weighted by atomic mass is 16.1. The standard InChI is InChI=1S/C18H27NO/c1-12-10-14(3)17(11-13(12)2)15(4)19-18(20)16-8-6-5-7-9-16/h10-11,15-16H,5-9H2,1-4H3,(H,19,20). The van der Waals surface area contributed by atoms with Gasteiger partial charge in [-0.15, -0.1) is 0 Å². The van der Waals surface area contributed by atoms with E-state index < -0.39 is 0 Å². The smallest absolute Gasteiger partial charge is 0.223 e. The number of hydrogen-bond donors (Lipinski definition) is 1. The van der Waals surface area contributed by atoms with Gasteiger partial charge in [0.25, 0.3) is 0 Å². The molecule has 110 valence electrons. The van der Waals surface area contributed by atoms with E-state index >= 15 is 0 Å². The summed E-state index contributed by atoms with van der Waals surface area (Å²) in [6.45, 7) is 8.49. The predicted molar refractivity (Wildman–Crippen MR) is 83.8 cm³/mol. The van der Waals surface area contributed by atoms with Gasteiger partial charge in [0, 0.05) is 5.92 Å². The van der Waals surface area contributed by atoms with E-state index in [9.17, 15) is 4.79 Å². The van der Waals surface area contributed by atoms with E-state index in [4.69, 9.17) is 0 Å². The van der Waals surface area contributed by atoms with Crippen LogP contribution >= 0.6 is 0 Å². The number of hydrogen-bond acceptors (Lipinski definition) is 1. The maximum absolute atomic E-state index is 12.3. The molecule has 0 radical (unpaired) electrons. The number of aryl methyl sites for hydroxylation is 3. The zero-order valence-electron chi connectivity index (χ0n) is 13.3. The van der Waals surface area contributed by atoms with E-state index in [1.807, 2.05) is 0 Å². The topological polar surface area (TPSA) is 29.1 Å². The van der Waals surface area contributed by atoms with Gasteiger partial charge in [0.1, 0.15) is 0 Å². The van der Waals surface area contributed by atoms with Crippen molar-refractivity contribution in [2.24, 2.45) is 5.92 Å². The molecule has 0 heterocycles. The maximum atomic E-state index is 12.3. The first-order chi connectivity index (χ1) is 9.49. The van der Waals surface area contributed by atoms with Crippen LogP contribution in [0.2, 0.25) is 0 Å². The maximum Gasteiger partial charge on any atom is 0.223 e. The Morgan fingerprint density at radius 3 is 2.30 bits per heavy atom. The van der Waals surface area contributed by atoms with Gasteiger partial charge in [0.2, 0.25) is 5.91 Å².